The van der Waals surface area contributed by atoms with Gasteiger partial charge < -0.3 is 5.32 Å². The zero-order valence-corrected chi connectivity index (χ0v) is 11.7. The van der Waals surface area contributed by atoms with Gasteiger partial charge in [-0.2, -0.15) is 5.10 Å². The average molecular weight is 256 g/mol. The van der Waals surface area contributed by atoms with Crippen LogP contribution < -0.4 is 5.32 Å². The van der Waals surface area contributed by atoms with E-state index in [1.165, 1.54) is 18.5 Å². The van der Waals surface area contributed by atoms with Crippen LogP contribution in [0.4, 0.5) is 0 Å². The monoisotopic (exact) mass is 255 g/mol. The van der Waals surface area contributed by atoms with Crippen LogP contribution in [-0.4, -0.2) is 23.4 Å². The predicted octanol–water partition coefficient (Wildman–Crippen LogP) is 2.65. The molecule has 1 heterocycles. The van der Waals surface area contributed by atoms with Gasteiger partial charge in [0, 0.05) is 6.54 Å². The molecular weight excluding hydrogens is 234 g/mol. The summed E-state index contributed by atoms with van der Waals surface area (Å²) in [7, 11) is 2.03. The minimum Gasteiger partial charge on any atom is -0.319 e. The van der Waals surface area contributed by atoms with Crippen LogP contribution in [0.3, 0.4) is 0 Å². The van der Waals surface area contributed by atoms with Crippen molar-refractivity contribution in [2.45, 2.75) is 39.7 Å². The third kappa shape index (κ3) is 2.50. The molecule has 1 N–H and O–H groups in total. The van der Waals surface area contributed by atoms with Crippen molar-refractivity contribution < 1.29 is 0 Å². The molecule has 1 aliphatic rings. The molecule has 2 rings (SSSR count). The van der Waals surface area contributed by atoms with E-state index in [1.54, 1.807) is 0 Å². The first kappa shape index (κ1) is 12.9. The summed E-state index contributed by atoms with van der Waals surface area (Å²) >= 11 is 6.34. The molecule has 0 spiro atoms. The number of nitrogens with one attached hydrogen (secondary N) is 1. The Morgan fingerprint density at radius 3 is 2.65 bits per heavy atom. The van der Waals surface area contributed by atoms with Gasteiger partial charge in [-0.25, -0.2) is 0 Å². The molecule has 0 amide bonds. The van der Waals surface area contributed by atoms with Crippen LogP contribution in [0.25, 0.3) is 0 Å². The minimum atomic E-state index is 0.779. The second-order valence-corrected chi connectivity index (χ2v) is 5.40. The maximum Gasteiger partial charge on any atom is 0.0847 e. The van der Waals surface area contributed by atoms with Gasteiger partial charge in [-0.1, -0.05) is 11.6 Å². The summed E-state index contributed by atoms with van der Waals surface area (Å²) in [5.41, 5.74) is 2.20. The van der Waals surface area contributed by atoms with Gasteiger partial charge in [0.05, 0.1) is 16.4 Å². The van der Waals surface area contributed by atoms with Crippen LogP contribution in [0, 0.1) is 18.8 Å². The van der Waals surface area contributed by atoms with Crippen molar-refractivity contribution in [3.05, 3.63) is 16.4 Å². The minimum absolute atomic E-state index is 0.779. The maximum absolute atomic E-state index is 6.34. The second-order valence-electron chi connectivity index (χ2n) is 5.02. The molecule has 17 heavy (non-hydrogen) atoms. The second kappa shape index (κ2) is 5.40. The van der Waals surface area contributed by atoms with Gasteiger partial charge in [0.15, 0.2) is 0 Å². The van der Waals surface area contributed by atoms with E-state index in [-0.39, 0.29) is 0 Å². The third-order valence-corrected chi connectivity index (χ3v) is 4.44. The van der Waals surface area contributed by atoms with Gasteiger partial charge in [-0.05, 0) is 58.5 Å². The van der Waals surface area contributed by atoms with Crippen LogP contribution >= 0.6 is 11.6 Å². The Labute approximate surface area is 109 Å². The van der Waals surface area contributed by atoms with E-state index >= 15 is 0 Å². The standard InChI is InChI=1S/C13H22ClN3/c1-4-17-12(13(14)9(2)16-17)7-10-5-6-11(10)8-15-3/h10-11,15H,4-8H2,1-3H3. The van der Waals surface area contributed by atoms with E-state index in [0.717, 1.165) is 42.1 Å². The molecule has 2 unspecified atom stereocenters. The van der Waals surface area contributed by atoms with Crippen molar-refractivity contribution in [2.75, 3.05) is 13.6 Å². The number of rotatable bonds is 5. The lowest BCUT2D eigenvalue weighted by molar-refractivity contribution is 0.171. The van der Waals surface area contributed by atoms with E-state index in [1.807, 2.05) is 14.0 Å². The SMILES string of the molecule is CCn1nc(C)c(Cl)c1CC1CCC1CNC. The highest BCUT2D eigenvalue weighted by Crippen LogP contribution is 2.37. The molecule has 1 aromatic heterocycles. The third-order valence-electron chi connectivity index (χ3n) is 3.95. The van der Waals surface area contributed by atoms with E-state index in [9.17, 15) is 0 Å². The molecule has 0 aromatic carbocycles. The Morgan fingerprint density at radius 1 is 1.41 bits per heavy atom. The molecule has 0 aliphatic heterocycles. The van der Waals surface area contributed by atoms with Crippen molar-refractivity contribution in [2.24, 2.45) is 11.8 Å². The fraction of sp³-hybridized carbons (Fsp3) is 0.769. The van der Waals surface area contributed by atoms with E-state index in [0.29, 0.717) is 0 Å². The fourth-order valence-electron chi connectivity index (χ4n) is 2.75. The lowest BCUT2D eigenvalue weighted by Gasteiger charge is -2.36. The Hall–Kier alpha value is -0.540. The van der Waals surface area contributed by atoms with Crippen molar-refractivity contribution in [3.63, 3.8) is 0 Å². The van der Waals surface area contributed by atoms with E-state index in [4.69, 9.17) is 11.6 Å². The van der Waals surface area contributed by atoms with Crippen molar-refractivity contribution in [3.8, 4) is 0 Å². The number of aromatic nitrogens is 2. The van der Waals surface area contributed by atoms with E-state index in [2.05, 4.69) is 22.0 Å². The molecule has 3 nitrogen and oxygen atoms in total. The van der Waals surface area contributed by atoms with Crippen molar-refractivity contribution in [1.82, 2.24) is 15.1 Å². The normalized spacial score (nSPS) is 23.8. The van der Waals surface area contributed by atoms with Crippen LogP contribution in [0.5, 0.6) is 0 Å². The number of nitrogens with zero attached hydrogens (tertiary/aromatic N) is 2. The molecule has 96 valence electrons. The topological polar surface area (TPSA) is 29.9 Å². The maximum atomic E-state index is 6.34. The number of aryl methyl sites for hydroxylation is 2. The van der Waals surface area contributed by atoms with Crippen LogP contribution in [0.2, 0.25) is 5.02 Å². The van der Waals surface area contributed by atoms with Gasteiger partial charge in [-0.15, -0.1) is 0 Å². The highest BCUT2D eigenvalue weighted by Gasteiger charge is 2.31. The first-order chi connectivity index (χ1) is 8.17. The number of halogens is 1. The van der Waals surface area contributed by atoms with Gasteiger partial charge >= 0.3 is 0 Å². The largest absolute Gasteiger partial charge is 0.319 e. The zero-order valence-electron chi connectivity index (χ0n) is 11.0. The Morgan fingerprint density at radius 2 is 2.12 bits per heavy atom. The predicted molar refractivity (Wildman–Crippen MR) is 71.5 cm³/mol. The highest BCUT2D eigenvalue weighted by molar-refractivity contribution is 6.31. The summed E-state index contributed by atoms with van der Waals surface area (Å²) in [6.45, 7) is 6.15. The molecule has 1 aliphatic carbocycles. The summed E-state index contributed by atoms with van der Waals surface area (Å²) < 4.78 is 2.06. The summed E-state index contributed by atoms with van der Waals surface area (Å²) in [5.74, 6) is 1.60. The lowest BCUT2D eigenvalue weighted by atomic mass is 9.71. The van der Waals surface area contributed by atoms with Crippen LogP contribution in [-0.2, 0) is 13.0 Å². The van der Waals surface area contributed by atoms with Crippen molar-refractivity contribution in [1.29, 1.82) is 0 Å². The van der Waals surface area contributed by atoms with Gasteiger partial charge in [-0.3, -0.25) is 4.68 Å². The summed E-state index contributed by atoms with van der Waals surface area (Å²) in [5, 5.41) is 8.64. The van der Waals surface area contributed by atoms with Gasteiger partial charge in [0.2, 0.25) is 0 Å². The Bertz CT molecular complexity index is 386. The van der Waals surface area contributed by atoms with E-state index < -0.39 is 0 Å². The van der Waals surface area contributed by atoms with Crippen LogP contribution in [0.15, 0.2) is 0 Å². The lowest BCUT2D eigenvalue weighted by Crippen LogP contribution is -2.35. The summed E-state index contributed by atoms with van der Waals surface area (Å²) in [6.07, 6.45) is 3.76. The summed E-state index contributed by atoms with van der Waals surface area (Å²) in [6, 6.07) is 0. The molecule has 2 atom stereocenters. The molecule has 4 heteroatoms. The number of hydrogen-bond acceptors (Lipinski definition) is 2. The smallest absolute Gasteiger partial charge is 0.0847 e. The Balaban J connectivity index is 2.08. The molecule has 1 saturated carbocycles. The Kier molecular flexibility index (Phi) is 4.10. The highest BCUT2D eigenvalue weighted by atomic mass is 35.5. The first-order valence-corrected chi connectivity index (χ1v) is 6.91. The molecule has 0 bridgehead atoms. The molecular formula is C13H22ClN3. The fourth-order valence-corrected chi connectivity index (χ4v) is 2.96. The van der Waals surface area contributed by atoms with Crippen LogP contribution in [0.1, 0.15) is 31.2 Å². The molecule has 0 saturated heterocycles. The molecule has 1 fully saturated rings. The van der Waals surface area contributed by atoms with Crippen molar-refractivity contribution >= 4 is 11.6 Å². The summed E-state index contributed by atoms with van der Waals surface area (Å²) in [4.78, 5) is 0. The average Bonchev–Trinajstić information content (AvgIpc) is 2.58. The first-order valence-electron chi connectivity index (χ1n) is 6.53. The molecule has 0 radical (unpaired) electrons. The zero-order chi connectivity index (χ0) is 12.4. The van der Waals surface area contributed by atoms with Gasteiger partial charge in [0.25, 0.3) is 0 Å². The van der Waals surface area contributed by atoms with Gasteiger partial charge in [0.1, 0.15) is 0 Å². The quantitative estimate of drug-likeness (QED) is 0.877. The molecule has 1 aromatic rings. The number of hydrogen-bond donors (Lipinski definition) is 1.